The van der Waals surface area contributed by atoms with Gasteiger partial charge >= 0.3 is 6.92 Å². The topological polar surface area (TPSA) is 29.9 Å². The predicted octanol–water partition coefficient (Wildman–Crippen LogP) is 5.92. The van der Waals surface area contributed by atoms with E-state index in [0.29, 0.717) is 0 Å². The molecule has 0 radical (unpaired) electrons. The second-order valence-corrected chi connectivity index (χ2v) is 9.00. The van der Waals surface area contributed by atoms with Crippen molar-refractivity contribution in [1.82, 2.24) is 9.55 Å². The highest BCUT2D eigenvalue weighted by Gasteiger charge is 2.37. The SMILES string of the molecule is c1ccc(OB2c3ccccc3-n3c4ccccc4c4cc5c([nH]c6ccccc65)c2c43)cc1. The van der Waals surface area contributed by atoms with Crippen molar-refractivity contribution in [2.75, 3.05) is 0 Å². The molecule has 0 aliphatic carbocycles. The summed E-state index contributed by atoms with van der Waals surface area (Å²) in [6.45, 7) is -0.227. The number of hydrogen-bond acceptors (Lipinski definition) is 1. The van der Waals surface area contributed by atoms with E-state index in [4.69, 9.17) is 4.65 Å². The standard InChI is InChI=1S/C30H19BN2O/c1-2-10-19(11-3-1)34-31-24-14-6-9-17-27(24)33-26-16-8-5-13-21(26)23-18-22-20-12-4-7-15-25(20)32-29(22)28(31)30(23)33/h1-18,32H. The molecule has 0 spiro atoms. The van der Waals surface area contributed by atoms with Gasteiger partial charge in [0.2, 0.25) is 0 Å². The fourth-order valence-electron chi connectivity index (χ4n) is 5.80. The van der Waals surface area contributed by atoms with Gasteiger partial charge in [-0.1, -0.05) is 72.8 Å². The summed E-state index contributed by atoms with van der Waals surface area (Å²) >= 11 is 0. The van der Waals surface area contributed by atoms with Crippen LogP contribution in [0.25, 0.3) is 49.3 Å². The third-order valence-corrected chi connectivity index (χ3v) is 7.19. The minimum Gasteiger partial charge on any atom is -0.551 e. The lowest BCUT2D eigenvalue weighted by molar-refractivity contribution is 0.591. The molecule has 1 N–H and O–H groups in total. The first-order valence-corrected chi connectivity index (χ1v) is 11.7. The minimum atomic E-state index is -0.227. The molecule has 1 aliphatic heterocycles. The lowest BCUT2D eigenvalue weighted by Gasteiger charge is -2.27. The molecule has 34 heavy (non-hydrogen) atoms. The van der Waals surface area contributed by atoms with Gasteiger partial charge in [0.15, 0.2) is 0 Å². The van der Waals surface area contributed by atoms with Crippen LogP contribution in [-0.2, 0) is 0 Å². The number of rotatable bonds is 2. The van der Waals surface area contributed by atoms with Gasteiger partial charge in [-0.3, -0.25) is 0 Å². The van der Waals surface area contributed by atoms with Gasteiger partial charge in [0.1, 0.15) is 0 Å². The molecule has 0 bridgehead atoms. The number of para-hydroxylation sites is 4. The van der Waals surface area contributed by atoms with Gasteiger partial charge in [-0.05, 0) is 41.9 Å². The van der Waals surface area contributed by atoms with Crippen LogP contribution >= 0.6 is 0 Å². The van der Waals surface area contributed by atoms with E-state index in [1.54, 1.807) is 0 Å². The van der Waals surface area contributed by atoms with Crippen molar-refractivity contribution >= 4 is 61.5 Å². The lowest BCUT2D eigenvalue weighted by atomic mass is 9.52. The third-order valence-electron chi connectivity index (χ3n) is 7.19. The summed E-state index contributed by atoms with van der Waals surface area (Å²) in [6, 6.07) is 38.4. The second kappa shape index (κ2) is 6.55. The Morgan fingerprint density at radius 3 is 2.29 bits per heavy atom. The third kappa shape index (κ3) is 2.27. The molecule has 0 atom stereocenters. The summed E-state index contributed by atoms with van der Waals surface area (Å²) in [5.41, 5.74) is 8.29. The normalized spacial score (nSPS) is 12.6. The van der Waals surface area contributed by atoms with Crippen LogP contribution in [0, 0.1) is 0 Å². The van der Waals surface area contributed by atoms with Crippen molar-refractivity contribution in [3.05, 3.63) is 109 Å². The molecule has 3 nitrogen and oxygen atoms in total. The number of fused-ring (bicyclic) bond motifs is 9. The summed E-state index contributed by atoms with van der Waals surface area (Å²) in [5, 5.41) is 5.01. The van der Waals surface area contributed by atoms with Crippen LogP contribution in [0.3, 0.4) is 0 Å². The van der Waals surface area contributed by atoms with Crippen molar-refractivity contribution in [1.29, 1.82) is 0 Å². The van der Waals surface area contributed by atoms with E-state index in [-0.39, 0.29) is 6.92 Å². The number of hydrogen-bond donors (Lipinski definition) is 1. The van der Waals surface area contributed by atoms with Crippen LogP contribution in [0.1, 0.15) is 0 Å². The number of aromatic amines is 1. The van der Waals surface area contributed by atoms with Crippen molar-refractivity contribution in [3.63, 3.8) is 0 Å². The molecule has 2 aromatic heterocycles. The molecule has 8 rings (SSSR count). The Kier molecular flexibility index (Phi) is 3.48. The van der Waals surface area contributed by atoms with Crippen molar-refractivity contribution in [2.45, 2.75) is 0 Å². The van der Waals surface area contributed by atoms with E-state index in [0.717, 1.165) is 16.8 Å². The molecule has 0 amide bonds. The van der Waals surface area contributed by atoms with Crippen molar-refractivity contribution < 1.29 is 4.65 Å². The Morgan fingerprint density at radius 1 is 0.647 bits per heavy atom. The van der Waals surface area contributed by atoms with Gasteiger partial charge in [0.25, 0.3) is 0 Å². The number of aromatic nitrogens is 2. The van der Waals surface area contributed by atoms with Crippen LogP contribution in [0.5, 0.6) is 5.75 Å². The molecule has 1 aliphatic rings. The molecule has 0 fully saturated rings. The van der Waals surface area contributed by atoms with Crippen LogP contribution in [-0.4, -0.2) is 16.5 Å². The predicted molar refractivity (Wildman–Crippen MR) is 142 cm³/mol. The quantitative estimate of drug-likeness (QED) is 0.337. The molecule has 158 valence electrons. The molecule has 5 aromatic carbocycles. The molecule has 3 heterocycles. The Bertz CT molecular complexity index is 1900. The Balaban J connectivity index is 1.60. The lowest BCUT2D eigenvalue weighted by Crippen LogP contribution is -2.52. The first kappa shape index (κ1) is 18.0. The molecule has 4 heteroatoms. The van der Waals surface area contributed by atoms with E-state index in [9.17, 15) is 0 Å². The van der Waals surface area contributed by atoms with Crippen LogP contribution in [0.2, 0.25) is 0 Å². The van der Waals surface area contributed by atoms with Gasteiger partial charge < -0.3 is 14.2 Å². The zero-order chi connectivity index (χ0) is 22.2. The minimum absolute atomic E-state index is 0.227. The number of benzene rings is 5. The molecular formula is C30H19BN2O. The number of nitrogens with zero attached hydrogens (tertiary/aromatic N) is 1. The summed E-state index contributed by atoms with van der Waals surface area (Å²) in [5.74, 6) is 0.869. The first-order chi connectivity index (χ1) is 16.9. The van der Waals surface area contributed by atoms with Gasteiger partial charge in [-0.2, -0.15) is 0 Å². The molecule has 0 saturated heterocycles. The highest BCUT2D eigenvalue weighted by atomic mass is 16.4. The average molecular weight is 434 g/mol. The fraction of sp³-hybridized carbons (Fsp3) is 0. The van der Waals surface area contributed by atoms with E-state index >= 15 is 0 Å². The fourth-order valence-corrected chi connectivity index (χ4v) is 5.80. The van der Waals surface area contributed by atoms with Gasteiger partial charge in [-0.25, -0.2) is 0 Å². The Morgan fingerprint density at radius 2 is 1.38 bits per heavy atom. The van der Waals surface area contributed by atoms with Crippen molar-refractivity contribution in [3.8, 4) is 11.4 Å². The molecular weight excluding hydrogens is 415 g/mol. The molecule has 7 aromatic rings. The summed E-state index contributed by atoms with van der Waals surface area (Å²) in [7, 11) is 0. The highest BCUT2D eigenvalue weighted by molar-refractivity contribution is 6.86. The van der Waals surface area contributed by atoms with Gasteiger partial charge in [0.05, 0.1) is 16.8 Å². The number of nitrogens with one attached hydrogen (secondary N) is 1. The second-order valence-electron chi connectivity index (χ2n) is 9.00. The van der Waals surface area contributed by atoms with Gasteiger partial charge in [-0.15, -0.1) is 0 Å². The largest absolute Gasteiger partial charge is 0.551 e. The maximum absolute atomic E-state index is 6.80. The van der Waals surface area contributed by atoms with Crippen molar-refractivity contribution in [2.24, 2.45) is 0 Å². The van der Waals surface area contributed by atoms with E-state index < -0.39 is 0 Å². The molecule has 0 unspecified atom stereocenters. The average Bonchev–Trinajstić information content (AvgIpc) is 3.43. The van der Waals surface area contributed by atoms with Crippen LogP contribution in [0.15, 0.2) is 109 Å². The Hall–Kier alpha value is -4.44. The molecule has 0 saturated carbocycles. The van der Waals surface area contributed by atoms with Crippen LogP contribution < -0.4 is 15.6 Å². The summed E-state index contributed by atoms with van der Waals surface area (Å²) in [6.07, 6.45) is 0. The maximum Gasteiger partial charge on any atom is 0.432 e. The maximum atomic E-state index is 6.80. The zero-order valence-corrected chi connectivity index (χ0v) is 18.3. The van der Waals surface area contributed by atoms with Crippen LogP contribution in [0.4, 0.5) is 0 Å². The highest BCUT2D eigenvalue weighted by Crippen LogP contribution is 2.37. The zero-order valence-electron chi connectivity index (χ0n) is 18.3. The van der Waals surface area contributed by atoms with E-state index in [2.05, 4.69) is 88.4 Å². The van der Waals surface area contributed by atoms with Gasteiger partial charge in [0, 0.05) is 43.7 Å². The first-order valence-electron chi connectivity index (χ1n) is 11.7. The van der Waals surface area contributed by atoms with E-state index in [1.807, 2.05) is 30.3 Å². The monoisotopic (exact) mass is 434 g/mol. The summed E-state index contributed by atoms with van der Waals surface area (Å²) in [4.78, 5) is 3.75. The van der Waals surface area contributed by atoms with E-state index in [1.165, 1.54) is 49.2 Å². The summed E-state index contributed by atoms with van der Waals surface area (Å²) < 4.78 is 9.22. The Labute approximate surface area is 196 Å². The number of H-pyrrole nitrogens is 1. The smallest absolute Gasteiger partial charge is 0.432 e.